The predicted octanol–water partition coefficient (Wildman–Crippen LogP) is 3.27. The van der Waals surface area contributed by atoms with Gasteiger partial charge in [-0.25, -0.2) is 4.39 Å². The van der Waals surface area contributed by atoms with Crippen LogP contribution in [0.1, 0.15) is 24.3 Å². The summed E-state index contributed by atoms with van der Waals surface area (Å²) in [6.07, 6.45) is 1.65. The maximum atomic E-state index is 12.9. The van der Waals surface area contributed by atoms with E-state index in [1.54, 1.807) is 12.3 Å². The number of furan rings is 1. The van der Waals surface area contributed by atoms with Crippen LogP contribution in [0.4, 0.5) is 4.39 Å². The van der Waals surface area contributed by atoms with E-state index in [1.807, 2.05) is 25.1 Å². The Hall–Kier alpha value is -1.61. The lowest BCUT2D eigenvalue weighted by molar-refractivity contribution is 0.430. The molecule has 0 aliphatic heterocycles. The minimum atomic E-state index is -0.204. The molecule has 2 aromatic rings. The first-order chi connectivity index (χ1) is 7.75. The summed E-state index contributed by atoms with van der Waals surface area (Å²) in [4.78, 5) is 0. The monoisotopic (exact) mass is 219 g/mol. The normalized spacial score (nSPS) is 12.6. The van der Waals surface area contributed by atoms with Crippen LogP contribution in [0.15, 0.2) is 47.1 Å². The van der Waals surface area contributed by atoms with Crippen molar-refractivity contribution < 1.29 is 8.81 Å². The third-order valence-electron chi connectivity index (χ3n) is 2.47. The van der Waals surface area contributed by atoms with Gasteiger partial charge in [0.1, 0.15) is 11.6 Å². The second-order valence-electron chi connectivity index (χ2n) is 3.75. The molecule has 1 aromatic heterocycles. The fraction of sp³-hybridized carbons (Fsp3) is 0.231. The van der Waals surface area contributed by atoms with Crippen molar-refractivity contribution in [2.45, 2.75) is 19.5 Å². The minimum Gasteiger partial charge on any atom is -0.468 e. The summed E-state index contributed by atoms with van der Waals surface area (Å²) in [5.74, 6) is 0.682. The Morgan fingerprint density at radius 3 is 2.88 bits per heavy atom. The van der Waals surface area contributed by atoms with Gasteiger partial charge >= 0.3 is 0 Å². The minimum absolute atomic E-state index is 0.123. The number of benzene rings is 1. The molecule has 0 amide bonds. The van der Waals surface area contributed by atoms with Crippen LogP contribution < -0.4 is 5.32 Å². The molecule has 1 atom stereocenters. The Kier molecular flexibility index (Phi) is 3.37. The number of hydrogen-bond acceptors (Lipinski definition) is 2. The van der Waals surface area contributed by atoms with E-state index >= 15 is 0 Å². The van der Waals surface area contributed by atoms with Crippen LogP contribution in [0.5, 0.6) is 0 Å². The van der Waals surface area contributed by atoms with E-state index in [-0.39, 0.29) is 11.9 Å². The van der Waals surface area contributed by atoms with Gasteiger partial charge in [0.05, 0.1) is 12.3 Å². The van der Waals surface area contributed by atoms with E-state index in [9.17, 15) is 4.39 Å². The molecular formula is C13H14FNO. The van der Waals surface area contributed by atoms with Crippen molar-refractivity contribution in [3.63, 3.8) is 0 Å². The van der Waals surface area contributed by atoms with Crippen LogP contribution >= 0.6 is 0 Å². The molecule has 1 heterocycles. The first-order valence-corrected chi connectivity index (χ1v) is 5.27. The van der Waals surface area contributed by atoms with E-state index < -0.39 is 0 Å². The third kappa shape index (κ3) is 2.70. The van der Waals surface area contributed by atoms with E-state index in [4.69, 9.17) is 4.42 Å². The Morgan fingerprint density at radius 1 is 1.31 bits per heavy atom. The maximum absolute atomic E-state index is 12.9. The SMILES string of the molecule is CC(NCc1cccc(F)c1)c1ccco1. The average molecular weight is 219 g/mol. The topological polar surface area (TPSA) is 25.2 Å². The summed E-state index contributed by atoms with van der Waals surface area (Å²) in [7, 11) is 0. The molecule has 0 spiro atoms. The van der Waals surface area contributed by atoms with Gasteiger partial charge in [-0.2, -0.15) is 0 Å². The molecule has 0 bridgehead atoms. The van der Waals surface area contributed by atoms with Crippen molar-refractivity contribution in [3.8, 4) is 0 Å². The standard InChI is InChI=1S/C13H14FNO/c1-10(13-6-3-7-16-13)15-9-11-4-2-5-12(14)8-11/h2-8,10,15H,9H2,1H3. The van der Waals surface area contributed by atoms with Crippen molar-refractivity contribution in [1.29, 1.82) is 0 Å². The quantitative estimate of drug-likeness (QED) is 0.853. The van der Waals surface area contributed by atoms with Crippen LogP contribution in [-0.2, 0) is 6.54 Å². The zero-order valence-electron chi connectivity index (χ0n) is 9.11. The van der Waals surface area contributed by atoms with Gasteiger partial charge in [0.15, 0.2) is 0 Å². The Morgan fingerprint density at radius 2 is 2.19 bits per heavy atom. The maximum Gasteiger partial charge on any atom is 0.123 e. The van der Waals surface area contributed by atoms with Crippen LogP contribution in [0.25, 0.3) is 0 Å². The molecule has 16 heavy (non-hydrogen) atoms. The summed E-state index contributed by atoms with van der Waals surface area (Å²) in [6.45, 7) is 2.64. The lowest BCUT2D eigenvalue weighted by Gasteiger charge is -2.11. The molecular weight excluding hydrogens is 205 g/mol. The molecule has 3 heteroatoms. The second kappa shape index (κ2) is 4.94. The van der Waals surface area contributed by atoms with Crippen LogP contribution in [0.3, 0.4) is 0 Å². The third-order valence-corrected chi connectivity index (χ3v) is 2.47. The van der Waals surface area contributed by atoms with Gasteiger partial charge in [-0.05, 0) is 36.8 Å². The molecule has 0 fully saturated rings. The van der Waals surface area contributed by atoms with Gasteiger partial charge < -0.3 is 9.73 Å². The second-order valence-corrected chi connectivity index (χ2v) is 3.75. The van der Waals surface area contributed by atoms with Gasteiger partial charge in [-0.1, -0.05) is 12.1 Å². The highest BCUT2D eigenvalue weighted by Crippen LogP contribution is 2.13. The zero-order chi connectivity index (χ0) is 11.4. The van der Waals surface area contributed by atoms with Gasteiger partial charge in [0.2, 0.25) is 0 Å². The molecule has 1 unspecified atom stereocenters. The van der Waals surface area contributed by atoms with Crippen molar-refractivity contribution in [1.82, 2.24) is 5.32 Å². The van der Waals surface area contributed by atoms with Crippen molar-refractivity contribution in [2.24, 2.45) is 0 Å². The molecule has 1 aromatic carbocycles. The number of nitrogens with one attached hydrogen (secondary N) is 1. The lowest BCUT2D eigenvalue weighted by Crippen LogP contribution is -2.17. The number of halogens is 1. The summed E-state index contributed by atoms with van der Waals surface area (Å²) in [5, 5.41) is 3.27. The van der Waals surface area contributed by atoms with Crippen molar-refractivity contribution in [3.05, 3.63) is 59.8 Å². The number of rotatable bonds is 4. The molecule has 0 aliphatic carbocycles. The molecule has 0 aliphatic rings. The smallest absolute Gasteiger partial charge is 0.123 e. The molecule has 84 valence electrons. The molecule has 0 saturated heterocycles. The van der Waals surface area contributed by atoms with E-state index in [1.165, 1.54) is 12.1 Å². The van der Waals surface area contributed by atoms with Gasteiger partial charge in [-0.3, -0.25) is 0 Å². The highest BCUT2D eigenvalue weighted by molar-refractivity contribution is 5.16. The first kappa shape index (κ1) is 10.9. The Labute approximate surface area is 94.1 Å². The molecule has 0 radical (unpaired) electrons. The fourth-order valence-electron chi connectivity index (χ4n) is 1.56. The predicted molar refractivity (Wildman–Crippen MR) is 60.4 cm³/mol. The summed E-state index contributed by atoms with van der Waals surface area (Å²) in [6, 6.07) is 10.5. The van der Waals surface area contributed by atoms with Crippen molar-refractivity contribution >= 4 is 0 Å². The summed E-state index contributed by atoms with van der Waals surface area (Å²) >= 11 is 0. The van der Waals surface area contributed by atoms with Crippen LogP contribution in [0, 0.1) is 5.82 Å². The average Bonchev–Trinajstić information content (AvgIpc) is 2.79. The lowest BCUT2D eigenvalue weighted by atomic mass is 10.2. The Balaban J connectivity index is 1.92. The zero-order valence-corrected chi connectivity index (χ0v) is 9.11. The molecule has 2 rings (SSSR count). The largest absolute Gasteiger partial charge is 0.468 e. The molecule has 1 N–H and O–H groups in total. The first-order valence-electron chi connectivity index (χ1n) is 5.27. The molecule has 0 saturated carbocycles. The van der Waals surface area contributed by atoms with E-state index in [0.717, 1.165) is 11.3 Å². The number of hydrogen-bond donors (Lipinski definition) is 1. The van der Waals surface area contributed by atoms with Crippen LogP contribution in [0.2, 0.25) is 0 Å². The van der Waals surface area contributed by atoms with Crippen molar-refractivity contribution in [2.75, 3.05) is 0 Å². The summed E-state index contributed by atoms with van der Waals surface area (Å²) in [5.41, 5.74) is 0.929. The Bertz CT molecular complexity index is 439. The summed E-state index contributed by atoms with van der Waals surface area (Å²) < 4.78 is 18.2. The molecule has 2 nitrogen and oxygen atoms in total. The van der Waals surface area contributed by atoms with E-state index in [2.05, 4.69) is 5.32 Å². The van der Waals surface area contributed by atoms with Gasteiger partial charge in [0.25, 0.3) is 0 Å². The van der Waals surface area contributed by atoms with E-state index in [0.29, 0.717) is 6.54 Å². The van der Waals surface area contributed by atoms with Crippen LogP contribution in [-0.4, -0.2) is 0 Å². The highest BCUT2D eigenvalue weighted by atomic mass is 19.1. The fourth-order valence-corrected chi connectivity index (χ4v) is 1.56. The van der Waals surface area contributed by atoms with Gasteiger partial charge in [-0.15, -0.1) is 0 Å². The van der Waals surface area contributed by atoms with Gasteiger partial charge in [0, 0.05) is 6.54 Å². The highest BCUT2D eigenvalue weighted by Gasteiger charge is 2.06.